The molecule has 1 aliphatic rings. The van der Waals surface area contributed by atoms with Gasteiger partial charge in [-0.2, -0.15) is 0 Å². The Morgan fingerprint density at radius 3 is 3.00 bits per heavy atom. The first-order valence-corrected chi connectivity index (χ1v) is 8.06. The van der Waals surface area contributed by atoms with Gasteiger partial charge in [-0.15, -0.1) is 0 Å². The highest BCUT2D eigenvalue weighted by Crippen LogP contribution is 2.25. The molecule has 1 atom stereocenters. The van der Waals surface area contributed by atoms with E-state index in [0.717, 1.165) is 22.0 Å². The largest absolute Gasteiger partial charge is 0.472 e. The zero-order chi connectivity index (χ0) is 15.5. The lowest BCUT2D eigenvalue weighted by Gasteiger charge is -2.17. The molecule has 0 radical (unpaired) electrons. The highest BCUT2D eigenvalue weighted by molar-refractivity contribution is 9.10. The van der Waals surface area contributed by atoms with Gasteiger partial charge >= 0.3 is 0 Å². The second kappa shape index (κ2) is 6.48. The highest BCUT2D eigenvalue weighted by Gasteiger charge is 2.28. The van der Waals surface area contributed by atoms with Crippen LogP contribution in [0.25, 0.3) is 0 Å². The molecule has 5 heteroatoms. The van der Waals surface area contributed by atoms with Crippen LogP contribution in [0.2, 0.25) is 0 Å². The minimum Gasteiger partial charge on any atom is -0.472 e. The summed E-state index contributed by atoms with van der Waals surface area (Å²) in [6.07, 6.45) is 2.51. The summed E-state index contributed by atoms with van der Waals surface area (Å²) in [6, 6.07) is 11.4. The maximum atomic E-state index is 12.5. The quantitative estimate of drug-likeness (QED) is 0.841. The first kappa shape index (κ1) is 15.0. The molecule has 0 spiro atoms. The number of nitrogens with zero attached hydrogens (tertiary/aromatic N) is 2. The number of ether oxygens (including phenoxy) is 1. The molecule has 0 saturated carbocycles. The van der Waals surface area contributed by atoms with Crippen molar-refractivity contribution in [2.75, 3.05) is 13.1 Å². The number of carbonyl (C=O) groups is 1. The predicted molar refractivity (Wildman–Crippen MR) is 88.1 cm³/mol. The van der Waals surface area contributed by atoms with Crippen LogP contribution in [0.4, 0.5) is 0 Å². The fourth-order valence-corrected chi connectivity index (χ4v) is 2.93. The summed E-state index contributed by atoms with van der Waals surface area (Å²) in [4.78, 5) is 18.6. The van der Waals surface area contributed by atoms with E-state index < -0.39 is 0 Å². The van der Waals surface area contributed by atoms with Crippen LogP contribution in [-0.2, 0) is 0 Å². The average molecular weight is 361 g/mol. The van der Waals surface area contributed by atoms with Crippen molar-refractivity contribution >= 4 is 21.8 Å². The molecule has 0 N–H and O–H groups in total. The Balaban J connectivity index is 1.65. The second-order valence-electron chi connectivity index (χ2n) is 5.44. The topological polar surface area (TPSA) is 42.4 Å². The van der Waals surface area contributed by atoms with Crippen LogP contribution < -0.4 is 4.74 Å². The van der Waals surface area contributed by atoms with Gasteiger partial charge in [0, 0.05) is 24.7 Å². The SMILES string of the molecule is Cc1cccc(C(=O)N2CCC(Oc3ncccc3Br)C2)c1. The number of aromatic nitrogens is 1. The molecule has 1 saturated heterocycles. The van der Waals surface area contributed by atoms with Gasteiger partial charge in [-0.1, -0.05) is 17.7 Å². The number of halogens is 1. The summed E-state index contributed by atoms with van der Waals surface area (Å²) in [5.74, 6) is 0.646. The Hall–Kier alpha value is -1.88. The molecular weight excluding hydrogens is 344 g/mol. The summed E-state index contributed by atoms with van der Waals surface area (Å²) in [5.41, 5.74) is 1.83. The van der Waals surface area contributed by atoms with E-state index in [1.807, 2.05) is 48.2 Å². The van der Waals surface area contributed by atoms with Gasteiger partial charge in [-0.05, 0) is 47.1 Å². The van der Waals surface area contributed by atoms with Gasteiger partial charge in [0.2, 0.25) is 5.88 Å². The molecule has 1 aromatic heterocycles. The molecule has 4 nitrogen and oxygen atoms in total. The summed E-state index contributed by atoms with van der Waals surface area (Å²) in [7, 11) is 0. The fraction of sp³-hybridized carbons (Fsp3) is 0.294. The number of aryl methyl sites for hydroxylation is 1. The number of hydrogen-bond acceptors (Lipinski definition) is 3. The van der Waals surface area contributed by atoms with Gasteiger partial charge in [0.05, 0.1) is 11.0 Å². The van der Waals surface area contributed by atoms with Crippen LogP contribution in [0, 0.1) is 6.92 Å². The van der Waals surface area contributed by atoms with Crippen LogP contribution in [0.1, 0.15) is 22.3 Å². The molecule has 1 fully saturated rings. The lowest BCUT2D eigenvalue weighted by molar-refractivity contribution is 0.0771. The third-order valence-corrected chi connectivity index (χ3v) is 4.30. The number of benzene rings is 1. The van der Waals surface area contributed by atoms with Crippen molar-refractivity contribution in [1.82, 2.24) is 9.88 Å². The molecule has 1 aliphatic heterocycles. The van der Waals surface area contributed by atoms with E-state index in [4.69, 9.17) is 4.74 Å². The second-order valence-corrected chi connectivity index (χ2v) is 6.29. The van der Waals surface area contributed by atoms with Crippen molar-refractivity contribution in [3.8, 4) is 5.88 Å². The van der Waals surface area contributed by atoms with Crippen molar-refractivity contribution in [3.05, 3.63) is 58.2 Å². The van der Waals surface area contributed by atoms with Gasteiger partial charge in [-0.3, -0.25) is 4.79 Å². The number of amides is 1. The van der Waals surface area contributed by atoms with Gasteiger partial charge in [0.1, 0.15) is 6.10 Å². The molecule has 2 aromatic rings. The van der Waals surface area contributed by atoms with E-state index in [-0.39, 0.29) is 12.0 Å². The molecule has 0 bridgehead atoms. The molecule has 22 heavy (non-hydrogen) atoms. The Kier molecular flexibility index (Phi) is 4.43. The first-order valence-electron chi connectivity index (χ1n) is 7.26. The third-order valence-electron chi connectivity index (χ3n) is 3.70. The Labute approximate surface area is 138 Å². The van der Waals surface area contributed by atoms with Crippen LogP contribution in [0.5, 0.6) is 5.88 Å². The molecule has 3 rings (SSSR count). The van der Waals surface area contributed by atoms with E-state index >= 15 is 0 Å². The molecule has 0 aliphatic carbocycles. The van der Waals surface area contributed by atoms with E-state index in [1.165, 1.54) is 0 Å². The van der Waals surface area contributed by atoms with E-state index in [2.05, 4.69) is 20.9 Å². The normalized spacial score (nSPS) is 17.5. The first-order chi connectivity index (χ1) is 10.6. The number of likely N-dealkylation sites (tertiary alicyclic amines) is 1. The smallest absolute Gasteiger partial charge is 0.253 e. The molecular formula is C17H17BrN2O2. The Bertz CT molecular complexity index is 690. The number of pyridine rings is 1. The van der Waals surface area contributed by atoms with Crippen LogP contribution in [0.3, 0.4) is 0 Å². The van der Waals surface area contributed by atoms with Crippen LogP contribution in [0.15, 0.2) is 47.1 Å². The molecule has 1 aromatic carbocycles. The summed E-state index contributed by atoms with van der Waals surface area (Å²) in [5, 5.41) is 0. The molecule has 1 amide bonds. The average Bonchev–Trinajstić information content (AvgIpc) is 2.97. The summed E-state index contributed by atoms with van der Waals surface area (Å²) < 4.78 is 6.73. The zero-order valence-electron chi connectivity index (χ0n) is 12.3. The molecule has 2 heterocycles. The fourth-order valence-electron chi connectivity index (χ4n) is 2.59. The van der Waals surface area contributed by atoms with Gasteiger partial charge in [0.25, 0.3) is 5.91 Å². The highest BCUT2D eigenvalue weighted by atomic mass is 79.9. The van der Waals surface area contributed by atoms with E-state index in [9.17, 15) is 4.79 Å². The van der Waals surface area contributed by atoms with Gasteiger partial charge in [-0.25, -0.2) is 4.98 Å². The summed E-state index contributed by atoms with van der Waals surface area (Å²) >= 11 is 3.42. The number of carbonyl (C=O) groups excluding carboxylic acids is 1. The van der Waals surface area contributed by atoms with Crippen molar-refractivity contribution in [2.24, 2.45) is 0 Å². The maximum Gasteiger partial charge on any atom is 0.253 e. The zero-order valence-corrected chi connectivity index (χ0v) is 13.9. The number of rotatable bonds is 3. The van der Waals surface area contributed by atoms with Crippen LogP contribution in [-0.4, -0.2) is 35.0 Å². The Morgan fingerprint density at radius 1 is 1.36 bits per heavy atom. The standard InChI is InChI=1S/C17H17BrN2O2/c1-12-4-2-5-13(10-12)17(21)20-9-7-14(11-20)22-16-15(18)6-3-8-19-16/h2-6,8,10,14H,7,9,11H2,1H3. The van der Waals surface area contributed by atoms with Gasteiger partial charge in [0.15, 0.2) is 0 Å². The van der Waals surface area contributed by atoms with Gasteiger partial charge < -0.3 is 9.64 Å². The lowest BCUT2D eigenvalue weighted by atomic mass is 10.1. The summed E-state index contributed by atoms with van der Waals surface area (Å²) in [6.45, 7) is 3.29. The molecule has 114 valence electrons. The predicted octanol–water partition coefficient (Wildman–Crippen LogP) is 3.45. The number of hydrogen-bond donors (Lipinski definition) is 0. The van der Waals surface area contributed by atoms with Crippen molar-refractivity contribution < 1.29 is 9.53 Å². The van der Waals surface area contributed by atoms with E-state index in [1.54, 1.807) is 6.20 Å². The van der Waals surface area contributed by atoms with Crippen molar-refractivity contribution in [3.63, 3.8) is 0 Å². The molecule has 1 unspecified atom stereocenters. The van der Waals surface area contributed by atoms with Crippen molar-refractivity contribution in [2.45, 2.75) is 19.4 Å². The lowest BCUT2D eigenvalue weighted by Crippen LogP contribution is -2.31. The monoisotopic (exact) mass is 360 g/mol. The minimum atomic E-state index is -0.0139. The maximum absolute atomic E-state index is 12.5. The van der Waals surface area contributed by atoms with E-state index in [0.29, 0.717) is 19.0 Å². The minimum absolute atomic E-state index is 0.0139. The van der Waals surface area contributed by atoms with Crippen molar-refractivity contribution in [1.29, 1.82) is 0 Å². The van der Waals surface area contributed by atoms with Crippen LogP contribution >= 0.6 is 15.9 Å². The Morgan fingerprint density at radius 2 is 2.23 bits per heavy atom. The third kappa shape index (κ3) is 3.30.